The first-order valence-corrected chi connectivity index (χ1v) is 5.50. The molecule has 0 radical (unpaired) electrons. The average molecular weight is 235 g/mol. The van der Waals surface area contributed by atoms with Crippen LogP contribution in [0.25, 0.3) is 15.2 Å². The molecule has 0 aliphatic carbocycles. The van der Waals surface area contributed by atoms with Gasteiger partial charge in [0.15, 0.2) is 0 Å². The minimum absolute atomic E-state index is 0.793. The standard InChI is InChI=1S/C10H9N3O2S/c1-14-6-3-4-7(15-2)9-8(6)13-5-11-12-10(13)16-9/h3-5H,1-2H3. The third-order valence-electron chi connectivity index (χ3n) is 2.45. The van der Waals surface area contributed by atoms with Crippen molar-refractivity contribution in [3.8, 4) is 11.5 Å². The van der Waals surface area contributed by atoms with E-state index >= 15 is 0 Å². The first-order valence-electron chi connectivity index (χ1n) is 4.68. The fourth-order valence-electron chi connectivity index (χ4n) is 1.73. The van der Waals surface area contributed by atoms with E-state index in [0.717, 1.165) is 26.7 Å². The van der Waals surface area contributed by atoms with Gasteiger partial charge in [0, 0.05) is 0 Å². The molecule has 2 heterocycles. The van der Waals surface area contributed by atoms with Crippen molar-refractivity contribution in [2.24, 2.45) is 0 Å². The Labute approximate surface area is 95.2 Å². The zero-order valence-electron chi connectivity index (χ0n) is 8.80. The maximum atomic E-state index is 5.34. The largest absolute Gasteiger partial charge is 0.495 e. The van der Waals surface area contributed by atoms with Crippen molar-refractivity contribution in [1.29, 1.82) is 0 Å². The lowest BCUT2D eigenvalue weighted by molar-refractivity contribution is 0.410. The molecule has 0 unspecified atom stereocenters. The monoisotopic (exact) mass is 235 g/mol. The molecule has 0 saturated carbocycles. The zero-order valence-corrected chi connectivity index (χ0v) is 9.61. The van der Waals surface area contributed by atoms with Gasteiger partial charge in [0.2, 0.25) is 4.96 Å². The Morgan fingerprint density at radius 1 is 1.19 bits per heavy atom. The summed E-state index contributed by atoms with van der Waals surface area (Å²) >= 11 is 1.53. The fraction of sp³-hybridized carbons (Fsp3) is 0.200. The topological polar surface area (TPSA) is 48.7 Å². The van der Waals surface area contributed by atoms with Crippen molar-refractivity contribution in [2.45, 2.75) is 0 Å². The average Bonchev–Trinajstić information content (AvgIpc) is 2.87. The Bertz CT molecular complexity index is 658. The minimum Gasteiger partial charge on any atom is -0.495 e. The fourth-order valence-corrected chi connectivity index (χ4v) is 2.78. The minimum atomic E-state index is 0.793. The van der Waals surface area contributed by atoms with Crippen LogP contribution < -0.4 is 9.47 Å². The second-order valence-corrected chi connectivity index (χ2v) is 4.21. The molecule has 16 heavy (non-hydrogen) atoms. The molecule has 3 aromatic rings. The highest BCUT2D eigenvalue weighted by Crippen LogP contribution is 2.38. The highest BCUT2D eigenvalue weighted by molar-refractivity contribution is 7.24. The maximum Gasteiger partial charge on any atom is 0.217 e. The van der Waals surface area contributed by atoms with E-state index in [2.05, 4.69) is 10.2 Å². The highest BCUT2D eigenvalue weighted by Gasteiger charge is 2.14. The van der Waals surface area contributed by atoms with Gasteiger partial charge in [0.05, 0.1) is 14.2 Å². The molecule has 0 bridgehead atoms. The van der Waals surface area contributed by atoms with Gasteiger partial charge in [-0.2, -0.15) is 0 Å². The molecular formula is C10H9N3O2S. The molecule has 2 aromatic heterocycles. The number of hydrogen-bond donors (Lipinski definition) is 0. The van der Waals surface area contributed by atoms with Crippen molar-refractivity contribution >= 4 is 26.5 Å². The first-order chi connectivity index (χ1) is 7.85. The SMILES string of the molecule is COc1ccc(OC)c2c1sc1nncn12. The lowest BCUT2D eigenvalue weighted by Gasteiger charge is -2.05. The van der Waals surface area contributed by atoms with Crippen molar-refractivity contribution < 1.29 is 9.47 Å². The van der Waals surface area contributed by atoms with Crippen LogP contribution in [0.4, 0.5) is 0 Å². The van der Waals surface area contributed by atoms with E-state index in [-0.39, 0.29) is 0 Å². The van der Waals surface area contributed by atoms with Crippen molar-refractivity contribution in [3.05, 3.63) is 18.5 Å². The maximum absolute atomic E-state index is 5.34. The molecule has 82 valence electrons. The van der Waals surface area contributed by atoms with Crippen molar-refractivity contribution in [1.82, 2.24) is 14.6 Å². The molecule has 1 aromatic carbocycles. The van der Waals surface area contributed by atoms with Gasteiger partial charge < -0.3 is 9.47 Å². The molecule has 0 aliphatic rings. The van der Waals surface area contributed by atoms with Crippen molar-refractivity contribution in [2.75, 3.05) is 14.2 Å². The molecule has 0 fully saturated rings. The van der Waals surface area contributed by atoms with Gasteiger partial charge >= 0.3 is 0 Å². The van der Waals surface area contributed by atoms with Crippen LogP contribution >= 0.6 is 11.3 Å². The normalized spacial score (nSPS) is 11.1. The van der Waals surface area contributed by atoms with Gasteiger partial charge in [0.25, 0.3) is 0 Å². The van der Waals surface area contributed by atoms with Crippen LogP contribution in [-0.2, 0) is 0 Å². The van der Waals surface area contributed by atoms with Gasteiger partial charge in [0.1, 0.15) is 28.0 Å². The van der Waals surface area contributed by atoms with Crippen molar-refractivity contribution in [3.63, 3.8) is 0 Å². The van der Waals surface area contributed by atoms with Crippen LogP contribution in [-0.4, -0.2) is 28.8 Å². The smallest absolute Gasteiger partial charge is 0.217 e. The van der Waals surface area contributed by atoms with Gasteiger partial charge in [-0.1, -0.05) is 11.3 Å². The number of fused-ring (bicyclic) bond motifs is 3. The number of nitrogens with zero attached hydrogens (tertiary/aromatic N) is 3. The number of benzene rings is 1. The lowest BCUT2D eigenvalue weighted by Crippen LogP contribution is -1.89. The van der Waals surface area contributed by atoms with Crippen LogP contribution in [0.3, 0.4) is 0 Å². The zero-order chi connectivity index (χ0) is 11.1. The summed E-state index contributed by atoms with van der Waals surface area (Å²) in [7, 11) is 3.30. The Balaban J connectivity index is 2.52. The van der Waals surface area contributed by atoms with E-state index in [1.54, 1.807) is 20.5 Å². The summed E-state index contributed by atoms with van der Waals surface area (Å²) in [5, 5.41) is 7.90. The van der Waals surface area contributed by atoms with Crippen LogP contribution in [0, 0.1) is 0 Å². The highest BCUT2D eigenvalue weighted by atomic mass is 32.1. The van der Waals surface area contributed by atoms with Gasteiger partial charge in [-0.05, 0) is 12.1 Å². The number of hydrogen-bond acceptors (Lipinski definition) is 5. The molecule has 3 rings (SSSR count). The summed E-state index contributed by atoms with van der Waals surface area (Å²) in [6.07, 6.45) is 1.68. The number of thiazole rings is 1. The van der Waals surface area contributed by atoms with E-state index < -0.39 is 0 Å². The molecule has 0 spiro atoms. The molecule has 0 N–H and O–H groups in total. The van der Waals surface area contributed by atoms with E-state index in [1.807, 2.05) is 16.5 Å². The summed E-state index contributed by atoms with van der Waals surface area (Å²) in [6.45, 7) is 0. The summed E-state index contributed by atoms with van der Waals surface area (Å²) in [6, 6.07) is 3.78. The van der Waals surface area contributed by atoms with E-state index in [4.69, 9.17) is 9.47 Å². The molecule has 5 nitrogen and oxygen atoms in total. The Morgan fingerprint density at radius 3 is 2.69 bits per heavy atom. The van der Waals surface area contributed by atoms with Crippen LogP contribution in [0.1, 0.15) is 0 Å². The third-order valence-corrected chi connectivity index (χ3v) is 3.51. The third kappa shape index (κ3) is 1.10. The summed E-state index contributed by atoms with van der Waals surface area (Å²) in [5.74, 6) is 1.62. The predicted molar refractivity (Wildman–Crippen MR) is 61.5 cm³/mol. The molecule has 6 heteroatoms. The predicted octanol–water partition coefficient (Wildman–Crippen LogP) is 1.96. The molecular weight excluding hydrogens is 226 g/mol. The quantitative estimate of drug-likeness (QED) is 0.681. The molecule has 0 saturated heterocycles. The van der Waals surface area contributed by atoms with Gasteiger partial charge in [-0.3, -0.25) is 4.40 Å². The van der Waals surface area contributed by atoms with Crippen LogP contribution in [0.15, 0.2) is 18.5 Å². The summed E-state index contributed by atoms with van der Waals surface area (Å²) < 4.78 is 13.6. The molecule has 0 amide bonds. The van der Waals surface area contributed by atoms with E-state index in [1.165, 1.54) is 11.3 Å². The number of rotatable bonds is 2. The number of methoxy groups -OCH3 is 2. The Kier molecular flexibility index (Phi) is 1.97. The van der Waals surface area contributed by atoms with Crippen LogP contribution in [0.5, 0.6) is 11.5 Å². The van der Waals surface area contributed by atoms with E-state index in [0.29, 0.717) is 0 Å². The summed E-state index contributed by atoms with van der Waals surface area (Å²) in [5.41, 5.74) is 0.951. The molecule has 0 atom stereocenters. The summed E-state index contributed by atoms with van der Waals surface area (Å²) in [4.78, 5) is 0.831. The van der Waals surface area contributed by atoms with E-state index in [9.17, 15) is 0 Å². The second kappa shape index (κ2) is 3.34. The number of aromatic nitrogens is 3. The second-order valence-electron chi connectivity index (χ2n) is 3.23. The molecule has 0 aliphatic heterocycles. The Hall–Kier alpha value is -1.82. The lowest BCUT2D eigenvalue weighted by atomic mass is 10.3. The van der Waals surface area contributed by atoms with Crippen LogP contribution in [0.2, 0.25) is 0 Å². The Morgan fingerprint density at radius 2 is 1.94 bits per heavy atom. The number of ether oxygens (including phenoxy) is 2. The van der Waals surface area contributed by atoms with Gasteiger partial charge in [-0.15, -0.1) is 10.2 Å². The van der Waals surface area contributed by atoms with Gasteiger partial charge in [-0.25, -0.2) is 0 Å². The first kappa shape index (κ1) is 9.41.